The Kier molecular flexibility index (Phi) is 3.23. The van der Waals surface area contributed by atoms with E-state index in [1.807, 2.05) is 12.1 Å². The molecule has 2 aromatic carbocycles. The molecule has 0 amide bonds. The number of halogens is 1. The molecule has 2 aromatic rings. The van der Waals surface area contributed by atoms with Crippen molar-refractivity contribution in [3.63, 3.8) is 0 Å². The molecule has 1 aliphatic heterocycles. The molecule has 3 rings (SSSR count). The molecule has 1 aliphatic rings. The Bertz CT molecular complexity index is 611. The summed E-state index contributed by atoms with van der Waals surface area (Å²) in [6.45, 7) is 5.12. The van der Waals surface area contributed by atoms with Crippen molar-refractivity contribution in [2.75, 3.05) is 11.4 Å². The quantitative estimate of drug-likeness (QED) is 0.757. The second kappa shape index (κ2) is 4.89. The van der Waals surface area contributed by atoms with Crippen molar-refractivity contribution in [2.45, 2.75) is 20.0 Å². The van der Waals surface area contributed by atoms with Crippen molar-refractivity contribution < 1.29 is 4.74 Å². The van der Waals surface area contributed by atoms with Crippen LogP contribution in [-0.2, 0) is 0 Å². The van der Waals surface area contributed by atoms with Gasteiger partial charge >= 0.3 is 0 Å². The van der Waals surface area contributed by atoms with Gasteiger partial charge in [-0.15, -0.1) is 0 Å². The lowest BCUT2D eigenvalue weighted by molar-refractivity contribution is 0.217. The Labute approximate surface area is 122 Å². The second-order valence-corrected chi connectivity index (χ2v) is 5.85. The van der Waals surface area contributed by atoms with E-state index in [9.17, 15) is 0 Å². The molecule has 1 heterocycles. The fourth-order valence-electron chi connectivity index (χ4n) is 2.54. The van der Waals surface area contributed by atoms with Crippen LogP contribution >= 0.6 is 15.9 Å². The van der Waals surface area contributed by atoms with Crippen LogP contribution in [0.15, 0.2) is 46.9 Å². The zero-order valence-electron chi connectivity index (χ0n) is 11.1. The Morgan fingerprint density at radius 3 is 2.74 bits per heavy atom. The first kappa shape index (κ1) is 12.5. The first-order valence-electron chi connectivity index (χ1n) is 6.44. The highest BCUT2D eigenvalue weighted by atomic mass is 79.9. The number of rotatable bonds is 1. The Hall–Kier alpha value is -1.48. The van der Waals surface area contributed by atoms with Gasteiger partial charge in [-0.2, -0.15) is 0 Å². The molecule has 0 spiro atoms. The van der Waals surface area contributed by atoms with Gasteiger partial charge in [0.25, 0.3) is 0 Å². The molecule has 0 N–H and O–H groups in total. The highest BCUT2D eigenvalue weighted by molar-refractivity contribution is 9.10. The van der Waals surface area contributed by atoms with E-state index in [0.29, 0.717) is 0 Å². The van der Waals surface area contributed by atoms with Gasteiger partial charge in [-0.1, -0.05) is 28.1 Å². The van der Waals surface area contributed by atoms with Gasteiger partial charge in [-0.05, 0) is 49.7 Å². The van der Waals surface area contributed by atoms with Crippen molar-refractivity contribution in [1.29, 1.82) is 0 Å². The van der Waals surface area contributed by atoms with Crippen LogP contribution in [0.4, 0.5) is 11.4 Å². The zero-order chi connectivity index (χ0) is 13.4. The molecule has 0 bridgehead atoms. The molecule has 2 nitrogen and oxygen atoms in total. The fourth-order valence-corrected chi connectivity index (χ4v) is 3.01. The SMILES string of the molecule is Cc1cc(Br)ccc1N1CC(C)Oc2ccccc21. The Morgan fingerprint density at radius 2 is 1.95 bits per heavy atom. The predicted octanol–water partition coefficient (Wildman–Crippen LogP) is 4.68. The van der Waals surface area contributed by atoms with Crippen molar-refractivity contribution >= 4 is 27.3 Å². The number of aryl methyl sites for hydroxylation is 1. The summed E-state index contributed by atoms with van der Waals surface area (Å²) in [6.07, 6.45) is 0.193. The van der Waals surface area contributed by atoms with Crippen molar-refractivity contribution in [1.82, 2.24) is 0 Å². The minimum Gasteiger partial charge on any atom is -0.487 e. The van der Waals surface area contributed by atoms with E-state index < -0.39 is 0 Å². The van der Waals surface area contributed by atoms with Crippen molar-refractivity contribution in [3.05, 3.63) is 52.5 Å². The van der Waals surface area contributed by atoms with Crippen LogP contribution < -0.4 is 9.64 Å². The largest absolute Gasteiger partial charge is 0.487 e. The monoisotopic (exact) mass is 317 g/mol. The molecular formula is C16H16BrNO. The highest BCUT2D eigenvalue weighted by Gasteiger charge is 2.24. The maximum Gasteiger partial charge on any atom is 0.143 e. The highest BCUT2D eigenvalue weighted by Crippen LogP contribution is 2.39. The van der Waals surface area contributed by atoms with Gasteiger partial charge in [0.2, 0.25) is 0 Å². The molecule has 0 saturated heterocycles. The van der Waals surface area contributed by atoms with Crippen molar-refractivity contribution in [2.24, 2.45) is 0 Å². The van der Waals surface area contributed by atoms with Gasteiger partial charge in [0.05, 0.1) is 12.2 Å². The number of hydrogen-bond donors (Lipinski definition) is 0. The van der Waals surface area contributed by atoms with E-state index in [-0.39, 0.29) is 6.10 Å². The number of benzene rings is 2. The van der Waals surface area contributed by atoms with Crippen LogP contribution in [0.5, 0.6) is 5.75 Å². The fraction of sp³-hybridized carbons (Fsp3) is 0.250. The molecule has 0 aromatic heterocycles. The molecule has 3 heteroatoms. The van der Waals surface area contributed by atoms with Gasteiger partial charge < -0.3 is 9.64 Å². The van der Waals surface area contributed by atoms with Gasteiger partial charge in [0, 0.05) is 10.2 Å². The van der Waals surface area contributed by atoms with E-state index in [0.717, 1.165) is 22.5 Å². The van der Waals surface area contributed by atoms with Crippen LogP contribution in [0.25, 0.3) is 0 Å². The number of anilines is 2. The normalized spacial score (nSPS) is 17.8. The number of ether oxygens (including phenoxy) is 1. The summed E-state index contributed by atoms with van der Waals surface area (Å²) in [5.41, 5.74) is 3.65. The molecule has 19 heavy (non-hydrogen) atoms. The average molecular weight is 318 g/mol. The number of hydrogen-bond acceptors (Lipinski definition) is 2. The lowest BCUT2D eigenvalue weighted by Crippen LogP contribution is -2.35. The van der Waals surface area contributed by atoms with E-state index in [1.165, 1.54) is 11.3 Å². The first-order valence-corrected chi connectivity index (χ1v) is 7.24. The lowest BCUT2D eigenvalue weighted by atomic mass is 10.1. The summed E-state index contributed by atoms with van der Waals surface area (Å²) in [7, 11) is 0. The smallest absolute Gasteiger partial charge is 0.143 e. The van der Waals surface area contributed by atoms with E-state index >= 15 is 0 Å². The van der Waals surface area contributed by atoms with Crippen LogP contribution in [0.1, 0.15) is 12.5 Å². The third kappa shape index (κ3) is 2.35. The van der Waals surface area contributed by atoms with E-state index in [4.69, 9.17) is 4.74 Å². The Balaban J connectivity index is 2.10. The maximum absolute atomic E-state index is 5.90. The van der Waals surface area contributed by atoms with Crippen LogP contribution in [0.2, 0.25) is 0 Å². The number of para-hydroxylation sites is 2. The predicted molar refractivity (Wildman–Crippen MR) is 82.4 cm³/mol. The summed E-state index contributed by atoms with van der Waals surface area (Å²) in [5, 5.41) is 0. The summed E-state index contributed by atoms with van der Waals surface area (Å²) < 4.78 is 7.01. The molecular weight excluding hydrogens is 302 g/mol. The minimum absolute atomic E-state index is 0.193. The molecule has 1 atom stereocenters. The molecule has 1 unspecified atom stereocenters. The van der Waals surface area contributed by atoms with E-state index in [2.05, 4.69) is 65.0 Å². The summed E-state index contributed by atoms with van der Waals surface area (Å²) in [6, 6.07) is 14.6. The molecule has 98 valence electrons. The van der Waals surface area contributed by atoms with Gasteiger partial charge in [0.1, 0.15) is 11.9 Å². The number of fused-ring (bicyclic) bond motifs is 1. The summed E-state index contributed by atoms with van der Waals surface area (Å²) >= 11 is 3.52. The molecule has 0 saturated carbocycles. The van der Waals surface area contributed by atoms with Crippen molar-refractivity contribution in [3.8, 4) is 5.75 Å². The first-order chi connectivity index (χ1) is 9.15. The number of nitrogens with zero attached hydrogens (tertiary/aromatic N) is 1. The topological polar surface area (TPSA) is 12.5 Å². The summed E-state index contributed by atoms with van der Waals surface area (Å²) in [4.78, 5) is 2.34. The lowest BCUT2D eigenvalue weighted by Gasteiger charge is -2.35. The molecule has 0 fully saturated rings. The third-order valence-electron chi connectivity index (χ3n) is 3.37. The molecule has 0 aliphatic carbocycles. The van der Waals surface area contributed by atoms with Crippen LogP contribution in [0.3, 0.4) is 0 Å². The zero-order valence-corrected chi connectivity index (χ0v) is 12.6. The van der Waals surface area contributed by atoms with Gasteiger partial charge in [0.15, 0.2) is 0 Å². The second-order valence-electron chi connectivity index (χ2n) is 4.94. The standard InChI is InChI=1S/C16H16BrNO/c1-11-9-13(17)7-8-14(11)18-10-12(2)19-16-6-4-3-5-15(16)18/h3-9,12H,10H2,1-2H3. The van der Waals surface area contributed by atoms with Crippen LogP contribution in [-0.4, -0.2) is 12.6 Å². The maximum atomic E-state index is 5.90. The summed E-state index contributed by atoms with van der Waals surface area (Å²) in [5.74, 6) is 0.962. The average Bonchev–Trinajstić information content (AvgIpc) is 2.38. The van der Waals surface area contributed by atoms with E-state index in [1.54, 1.807) is 0 Å². The van der Waals surface area contributed by atoms with Gasteiger partial charge in [-0.25, -0.2) is 0 Å². The van der Waals surface area contributed by atoms with Crippen LogP contribution in [0, 0.1) is 6.92 Å². The molecule has 0 radical (unpaired) electrons. The van der Waals surface area contributed by atoms with Gasteiger partial charge in [-0.3, -0.25) is 0 Å². The third-order valence-corrected chi connectivity index (χ3v) is 3.87. The minimum atomic E-state index is 0.193. The Morgan fingerprint density at radius 1 is 1.16 bits per heavy atom.